The molecule has 156 valence electrons. The van der Waals surface area contributed by atoms with Crippen molar-refractivity contribution in [3.63, 3.8) is 0 Å². The van der Waals surface area contributed by atoms with Crippen molar-refractivity contribution in [1.82, 2.24) is 20.2 Å². The highest BCUT2D eigenvalue weighted by Crippen LogP contribution is 2.33. The van der Waals surface area contributed by atoms with Gasteiger partial charge in [-0.25, -0.2) is 13.1 Å². The first kappa shape index (κ1) is 20.0. The van der Waals surface area contributed by atoms with Gasteiger partial charge in [0, 0.05) is 18.9 Å². The number of rotatable bonds is 7. The number of sulfonamides is 1. The Morgan fingerprint density at radius 1 is 1.24 bits per heavy atom. The summed E-state index contributed by atoms with van der Waals surface area (Å²) in [7, 11) is -3.55. The molecule has 4 rings (SSSR count). The van der Waals surface area contributed by atoms with Gasteiger partial charge in [0.15, 0.2) is 5.82 Å². The number of hydrogen-bond acceptors (Lipinski definition) is 6. The lowest BCUT2D eigenvalue weighted by molar-refractivity contribution is -0.121. The summed E-state index contributed by atoms with van der Waals surface area (Å²) in [4.78, 5) is 16.7. The van der Waals surface area contributed by atoms with Crippen LogP contribution in [0.4, 0.5) is 0 Å². The molecule has 1 unspecified atom stereocenters. The molecule has 2 aromatic rings. The van der Waals surface area contributed by atoms with Gasteiger partial charge in [-0.2, -0.15) is 4.98 Å². The minimum absolute atomic E-state index is 0.0251. The number of hydrogen-bond donors (Lipinski definition) is 2. The van der Waals surface area contributed by atoms with Crippen LogP contribution in [0.15, 0.2) is 27.6 Å². The minimum Gasteiger partial charge on any atom is -0.349 e. The van der Waals surface area contributed by atoms with E-state index in [0.29, 0.717) is 18.1 Å². The largest absolute Gasteiger partial charge is 0.349 e. The molecule has 1 aromatic carbocycles. The van der Waals surface area contributed by atoms with Crippen molar-refractivity contribution in [2.45, 2.75) is 75.3 Å². The van der Waals surface area contributed by atoms with Crippen molar-refractivity contribution in [1.29, 1.82) is 0 Å². The van der Waals surface area contributed by atoms with Crippen LogP contribution in [0.5, 0.6) is 0 Å². The Balaban J connectivity index is 1.42. The van der Waals surface area contributed by atoms with Crippen LogP contribution in [0.3, 0.4) is 0 Å². The molecule has 2 aliphatic rings. The molecule has 0 bridgehead atoms. The molecule has 0 aliphatic heterocycles. The van der Waals surface area contributed by atoms with Crippen LogP contribution in [0.25, 0.3) is 0 Å². The first-order valence-corrected chi connectivity index (χ1v) is 11.6. The van der Waals surface area contributed by atoms with E-state index in [-0.39, 0.29) is 29.3 Å². The first-order chi connectivity index (χ1) is 13.9. The second kappa shape index (κ2) is 8.23. The number of nitrogens with zero attached hydrogens (tertiary/aromatic N) is 2. The second-order valence-electron chi connectivity index (χ2n) is 7.86. The quantitative estimate of drug-likeness (QED) is 0.713. The number of carbonyl (C=O) groups excluding carboxylic acids is 1. The summed E-state index contributed by atoms with van der Waals surface area (Å²) in [6, 6.07) is 5.09. The average molecular weight is 419 g/mol. The Kier molecular flexibility index (Phi) is 5.69. The molecule has 0 radical (unpaired) electrons. The zero-order chi connectivity index (χ0) is 20.4. The van der Waals surface area contributed by atoms with Crippen LogP contribution in [-0.2, 0) is 27.7 Å². The molecule has 1 atom stereocenters. The molecule has 1 saturated carbocycles. The molecule has 1 heterocycles. The summed E-state index contributed by atoms with van der Waals surface area (Å²) in [5.41, 5.74) is 1.98. The van der Waals surface area contributed by atoms with Crippen molar-refractivity contribution in [3.8, 4) is 0 Å². The molecule has 1 fully saturated rings. The molecular weight excluding hydrogens is 392 g/mol. The number of fused-ring (bicyclic) bond motifs is 1. The van der Waals surface area contributed by atoms with Crippen LogP contribution in [0.1, 0.15) is 67.4 Å². The fraction of sp³-hybridized carbons (Fsp3) is 0.550. The van der Waals surface area contributed by atoms with E-state index in [1.165, 1.54) is 0 Å². The van der Waals surface area contributed by atoms with Crippen LogP contribution in [0, 0.1) is 6.92 Å². The Morgan fingerprint density at radius 2 is 2.03 bits per heavy atom. The van der Waals surface area contributed by atoms with Crippen LogP contribution < -0.4 is 10.0 Å². The molecule has 2 N–H and O–H groups in total. The van der Waals surface area contributed by atoms with Crippen molar-refractivity contribution in [2.75, 3.05) is 0 Å². The van der Waals surface area contributed by atoms with Gasteiger partial charge in [-0.3, -0.25) is 4.79 Å². The van der Waals surface area contributed by atoms with Crippen LogP contribution in [-0.4, -0.2) is 30.5 Å². The highest BCUT2D eigenvalue weighted by molar-refractivity contribution is 7.89. The molecule has 1 amide bonds. The van der Waals surface area contributed by atoms with Gasteiger partial charge in [0.2, 0.25) is 21.8 Å². The van der Waals surface area contributed by atoms with E-state index in [1.807, 2.05) is 6.07 Å². The summed E-state index contributed by atoms with van der Waals surface area (Å²) in [6.07, 6.45) is 6.12. The Hall–Kier alpha value is -2.26. The predicted octanol–water partition coefficient (Wildman–Crippen LogP) is 2.34. The van der Waals surface area contributed by atoms with Gasteiger partial charge in [0.05, 0.1) is 10.9 Å². The predicted molar refractivity (Wildman–Crippen MR) is 106 cm³/mol. The van der Waals surface area contributed by atoms with Crippen LogP contribution >= 0.6 is 0 Å². The number of aryl methyl sites for hydroxylation is 3. The molecule has 0 spiro atoms. The number of nitrogens with one attached hydrogen (secondary N) is 2. The zero-order valence-electron chi connectivity index (χ0n) is 16.5. The highest BCUT2D eigenvalue weighted by atomic mass is 32.2. The molecule has 8 nitrogen and oxygen atoms in total. The lowest BCUT2D eigenvalue weighted by Crippen LogP contribution is -2.33. The third kappa shape index (κ3) is 4.67. The van der Waals surface area contributed by atoms with Gasteiger partial charge in [0.1, 0.15) is 0 Å². The van der Waals surface area contributed by atoms with Crippen molar-refractivity contribution in [2.24, 2.45) is 0 Å². The summed E-state index contributed by atoms with van der Waals surface area (Å²) in [6.45, 7) is 1.73. The van der Waals surface area contributed by atoms with E-state index in [9.17, 15) is 13.2 Å². The van der Waals surface area contributed by atoms with Gasteiger partial charge >= 0.3 is 0 Å². The summed E-state index contributed by atoms with van der Waals surface area (Å²) in [5.74, 6) is 0.872. The highest BCUT2D eigenvalue weighted by Gasteiger charge is 2.28. The third-order valence-corrected chi connectivity index (χ3v) is 7.17. The van der Waals surface area contributed by atoms with Gasteiger partial charge in [-0.1, -0.05) is 24.1 Å². The Morgan fingerprint density at radius 3 is 2.76 bits per heavy atom. The molecule has 9 heteroatoms. The molecule has 29 heavy (non-hydrogen) atoms. The standard InChI is InChI=1S/C20H26N4O4S/c1-13-21-20(28-23-13)11-10-19(25)22-18-9-7-14-6-8-16(12-17(14)18)29(26,27)24-15-4-2-3-5-15/h6,8,12,15,18,24H,2-5,7,9-11H2,1H3,(H,22,25). The lowest BCUT2D eigenvalue weighted by atomic mass is 10.1. The molecule has 2 aliphatic carbocycles. The molecule has 1 aromatic heterocycles. The van der Waals surface area contributed by atoms with E-state index in [2.05, 4.69) is 20.2 Å². The average Bonchev–Trinajstić information content (AvgIpc) is 3.42. The summed E-state index contributed by atoms with van der Waals surface area (Å²) in [5, 5.41) is 6.74. The van der Waals surface area contributed by atoms with Crippen molar-refractivity contribution >= 4 is 15.9 Å². The summed E-state index contributed by atoms with van der Waals surface area (Å²) < 4.78 is 33.4. The Labute approximate surface area is 170 Å². The fourth-order valence-electron chi connectivity index (χ4n) is 4.16. The lowest BCUT2D eigenvalue weighted by Gasteiger charge is -2.16. The van der Waals surface area contributed by atoms with E-state index in [0.717, 1.165) is 49.7 Å². The second-order valence-corrected chi connectivity index (χ2v) is 9.57. The van der Waals surface area contributed by atoms with Crippen LogP contribution in [0.2, 0.25) is 0 Å². The maximum absolute atomic E-state index is 12.8. The molecule has 0 saturated heterocycles. The van der Waals surface area contributed by atoms with Gasteiger partial charge in [-0.05, 0) is 55.9 Å². The number of amides is 1. The normalized spacial score (nSPS) is 19.4. The monoisotopic (exact) mass is 418 g/mol. The maximum atomic E-state index is 12.8. The van der Waals surface area contributed by atoms with Gasteiger partial charge in [-0.15, -0.1) is 0 Å². The zero-order valence-corrected chi connectivity index (χ0v) is 17.3. The summed E-state index contributed by atoms with van der Waals surface area (Å²) >= 11 is 0. The molecular formula is C20H26N4O4S. The number of benzene rings is 1. The van der Waals surface area contributed by atoms with E-state index >= 15 is 0 Å². The first-order valence-electron chi connectivity index (χ1n) is 10.1. The third-order valence-electron chi connectivity index (χ3n) is 5.65. The smallest absolute Gasteiger partial charge is 0.240 e. The Bertz CT molecular complexity index is 996. The SMILES string of the molecule is Cc1noc(CCC(=O)NC2CCc3ccc(S(=O)(=O)NC4CCCC4)cc32)n1. The number of carbonyl (C=O) groups is 1. The van der Waals surface area contributed by atoms with E-state index < -0.39 is 10.0 Å². The van der Waals surface area contributed by atoms with Gasteiger partial charge in [0.25, 0.3) is 0 Å². The van der Waals surface area contributed by atoms with Crippen molar-refractivity contribution in [3.05, 3.63) is 41.0 Å². The maximum Gasteiger partial charge on any atom is 0.240 e. The van der Waals surface area contributed by atoms with Crippen molar-refractivity contribution < 1.29 is 17.7 Å². The van der Waals surface area contributed by atoms with E-state index in [1.54, 1.807) is 19.1 Å². The number of aromatic nitrogens is 2. The minimum atomic E-state index is -3.55. The van der Waals surface area contributed by atoms with E-state index in [4.69, 9.17) is 4.52 Å². The topological polar surface area (TPSA) is 114 Å². The van der Waals surface area contributed by atoms with Gasteiger partial charge < -0.3 is 9.84 Å². The fourth-order valence-corrected chi connectivity index (χ4v) is 5.50.